The Morgan fingerprint density at radius 3 is 2.31 bits per heavy atom. The van der Waals surface area contributed by atoms with Gasteiger partial charge in [-0.25, -0.2) is 8.42 Å². The molecule has 1 saturated heterocycles. The van der Waals surface area contributed by atoms with Gasteiger partial charge in [0.15, 0.2) is 0 Å². The van der Waals surface area contributed by atoms with E-state index >= 15 is 0 Å². The fourth-order valence-corrected chi connectivity index (χ4v) is 4.79. The molecule has 0 saturated carbocycles. The van der Waals surface area contributed by atoms with Crippen molar-refractivity contribution in [3.8, 4) is 0 Å². The van der Waals surface area contributed by atoms with Gasteiger partial charge in [-0.05, 0) is 24.3 Å². The number of nitro groups is 1. The number of rotatable bonds is 5. The van der Waals surface area contributed by atoms with Gasteiger partial charge in [-0.1, -0.05) is 6.07 Å². The second-order valence-corrected chi connectivity index (χ2v) is 8.90. The topological polar surface area (TPSA) is 113 Å². The van der Waals surface area contributed by atoms with E-state index in [9.17, 15) is 36.5 Å². The van der Waals surface area contributed by atoms with Crippen LogP contribution in [0.2, 0.25) is 0 Å². The second kappa shape index (κ2) is 8.74. The van der Waals surface area contributed by atoms with E-state index in [-0.39, 0.29) is 37.4 Å². The van der Waals surface area contributed by atoms with Crippen molar-refractivity contribution in [1.29, 1.82) is 0 Å². The summed E-state index contributed by atoms with van der Waals surface area (Å²) in [5.41, 5.74) is -0.897. The van der Waals surface area contributed by atoms with Gasteiger partial charge in [-0.15, -0.1) is 0 Å². The second-order valence-electron chi connectivity index (χ2n) is 6.96. The van der Waals surface area contributed by atoms with Crippen molar-refractivity contribution in [2.24, 2.45) is 0 Å². The highest BCUT2D eigenvalue weighted by Gasteiger charge is 2.35. The summed E-state index contributed by atoms with van der Waals surface area (Å²) in [7, 11) is -2.64. The first-order chi connectivity index (χ1) is 14.9. The SMILES string of the molecule is CNc1ccc([N+](=O)[O-])cc1C(=O)N1CCN(S(=O)(=O)c2cccc(C(F)(F)F)c2)CC1. The minimum atomic E-state index is -4.68. The summed E-state index contributed by atoms with van der Waals surface area (Å²) in [5, 5.41) is 13.8. The molecule has 0 radical (unpaired) electrons. The molecule has 1 N–H and O–H groups in total. The third-order valence-electron chi connectivity index (χ3n) is 5.04. The number of amides is 1. The first-order valence-corrected chi connectivity index (χ1v) is 10.8. The van der Waals surface area contributed by atoms with E-state index in [4.69, 9.17) is 0 Å². The average Bonchev–Trinajstić information content (AvgIpc) is 2.77. The molecule has 0 aliphatic carbocycles. The van der Waals surface area contributed by atoms with Crippen molar-refractivity contribution in [1.82, 2.24) is 9.21 Å². The van der Waals surface area contributed by atoms with Crippen LogP contribution in [0.15, 0.2) is 47.4 Å². The molecule has 1 amide bonds. The van der Waals surface area contributed by atoms with E-state index in [1.54, 1.807) is 7.05 Å². The van der Waals surface area contributed by atoms with Crippen LogP contribution in [-0.2, 0) is 16.2 Å². The van der Waals surface area contributed by atoms with Crippen LogP contribution in [0.5, 0.6) is 0 Å². The van der Waals surface area contributed by atoms with Crippen LogP contribution in [0.3, 0.4) is 0 Å². The number of carbonyl (C=O) groups is 1. The number of piperazine rings is 1. The van der Waals surface area contributed by atoms with Crippen molar-refractivity contribution in [3.63, 3.8) is 0 Å². The number of nitro benzene ring substituents is 1. The van der Waals surface area contributed by atoms with Gasteiger partial charge in [0.25, 0.3) is 11.6 Å². The lowest BCUT2D eigenvalue weighted by Crippen LogP contribution is -2.50. The molecule has 3 rings (SSSR count). The quantitative estimate of drug-likeness (QED) is 0.529. The maximum Gasteiger partial charge on any atom is 0.416 e. The molecule has 2 aromatic rings. The van der Waals surface area contributed by atoms with Gasteiger partial charge in [0.2, 0.25) is 10.0 Å². The summed E-state index contributed by atoms with van der Waals surface area (Å²) in [4.78, 5) is 24.2. The summed E-state index contributed by atoms with van der Waals surface area (Å²) in [6.45, 7) is -0.312. The summed E-state index contributed by atoms with van der Waals surface area (Å²) in [6, 6.07) is 7.27. The Hall–Kier alpha value is -3.19. The van der Waals surface area contributed by atoms with Gasteiger partial charge < -0.3 is 10.2 Å². The summed E-state index contributed by atoms with van der Waals surface area (Å²) in [6.07, 6.45) is -4.68. The van der Waals surface area contributed by atoms with Crippen LogP contribution in [-0.4, -0.2) is 61.7 Å². The fraction of sp³-hybridized carbons (Fsp3) is 0.316. The third-order valence-corrected chi connectivity index (χ3v) is 6.93. The maximum atomic E-state index is 12.9. The van der Waals surface area contributed by atoms with Gasteiger partial charge in [0.1, 0.15) is 0 Å². The van der Waals surface area contributed by atoms with Crippen LogP contribution in [0.1, 0.15) is 15.9 Å². The highest BCUT2D eigenvalue weighted by Crippen LogP contribution is 2.31. The number of carbonyl (C=O) groups excluding carboxylic acids is 1. The first-order valence-electron chi connectivity index (χ1n) is 9.38. The summed E-state index contributed by atoms with van der Waals surface area (Å²) < 4.78 is 65.4. The standard InChI is InChI=1S/C19H19F3N4O5S/c1-23-17-6-5-14(26(28)29)12-16(17)18(27)24-7-9-25(10-8-24)32(30,31)15-4-2-3-13(11-15)19(20,21)22/h2-6,11-12,23H,7-10H2,1H3. The normalized spacial score (nSPS) is 15.4. The monoisotopic (exact) mass is 472 g/mol. The van der Waals surface area contributed by atoms with Crippen molar-refractivity contribution >= 4 is 27.3 Å². The summed E-state index contributed by atoms with van der Waals surface area (Å²) in [5.74, 6) is -0.519. The van der Waals surface area contributed by atoms with Gasteiger partial charge in [-0.3, -0.25) is 14.9 Å². The number of sulfonamides is 1. The number of halogens is 3. The third kappa shape index (κ3) is 4.67. The van der Waals surface area contributed by atoms with Crippen LogP contribution in [0.25, 0.3) is 0 Å². The smallest absolute Gasteiger partial charge is 0.387 e. The van der Waals surface area contributed by atoms with Gasteiger partial charge in [0.05, 0.1) is 20.9 Å². The Balaban J connectivity index is 1.77. The molecule has 0 unspecified atom stereocenters. The molecule has 1 aliphatic rings. The minimum absolute atomic E-state index is 0.0249. The highest BCUT2D eigenvalue weighted by atomic mass is 32.2. The number of alkyl halides is 3. The van der Waals surface area contributed by atoms with Crippen LogP contribution < -0.4 is 5.32 Å². The molecule has 32 heavy (non-hydrogen) atoms. The number of non-ortho nitro benzene ring substituents is 1. The minimum Gasteiger partial charge on any atom is -0.387 e. The number of nitrogens with zero attached hydrogens (tertiary/aromatic N) is 3. The van der Waals surface area contributed by atoms with Crippen molar-refractivity contribution in [2.75, 3.05) is 38.5 Å². The fourth-order valence-electron chi connectivity index (χ4n) is 3.32. The predicted molar refractivity (Wildman–Crippen MR) is 109 cm³/mol. The highest BCUT2D eigenvalue weighted by molar-refractivity contribution is 7.89. The zero-order valence-electron chi connectivity index (χ0n) is 16.8. The zero-order chi connectivity index (χ0) is 23.7. The first kappa shape index (κ1) is 23.5. The lowest BCUT2D eigenvalue weighted by molar-refractivity contribution is -0.384. The van der Waals surface area contributed by atoms with Crippen LogP contribution in [0.4, 0.5) is 24.5 Å². The van der Waals surface area contributed by atoms with Crippen LogP contribution in [0, 0.1) is 10.1 Å². The average molecular weight is 472 g/mol. The lowest BCUT2D eigenvalue weighted by atomic mass is 10.1. The van der Waals surface area contributed by atoms with Gasteiger partial charge >= 0.3 is 6.18 Å². The van der Waals surface area contributed by atoms with E-state index in [0.717, 1.165) is 28.6 Å². The summed E-state index contributed by atoms with van der Waals surface area (Å²) >= 11 is 0. The molecular weight excluding hydrogens is 453 g/mol. The lowest BCUT2D eigenvalue weighted by Gasteiger charge is -2.34. The Kier molecular flexibility index (Phi) is 6.41. The largest absolute Gasteiger partial charge is 0.416 e. The van der Waals surface area contributed by atoms with E-state index in [1.807, 2.05) is 0 Å². The molecule has 0 atom stereocenters. The van der Waals surface area contributed by atoms with Crippen molar-refractivity contribution < 1.29 is 31.3 Å². The molecule has 1 heterocycles. The molecule has 2 aromatic carbocycles. The number of anilines is 1. The number of nitrogens with one attached hydrogen (secondary N) is 1. The molecule has 13 heteroatoms. The molecular formula is C19H19F3N4O5S. The Labute approximate surface area is 181 Å². The Morgan fingerprint density at radius 1 is 1.09 bits per heavy atom. The van der Waals surface area contributed by atoms with Gasteiger partial charge in [0, 0.05) is 51.0 Å². The number of benzene rings is 2. The Morgan fingerprint density at radius 2 is 1.75 bits per heavy atom. The number of hydrogen-bond acceptors (Lipinski definition) is 6. The molecule has 0 spiro atoms. The maximum absolute atomic E-state index is 12.9. The van der Waals surface area contributed by atoms with Gasteiger partial charge in [-0.2, -0.15) is 17.5 Å². The molecule has 172 valence electrons. The van der Waals surface area contributed by atoms with Crippen molar-refractivity contribution in [3.05, 3.63) is 63.7 Å². The molecule has 1 aliphatic heterocycles. The zero-order valence-corrected chi connectivity index (χ0v) is 17.6. The van der Waals surface area contributed by atoms with E-state index in [0.29, 0.717) is 11.8 Å². The van der Waals surface area contributed by atoms with E-state index < -0.39 is 37.5 Å². The van der Waals surface area contributed by atoms with Crippen LogP contribution >= 0.6 is 0 Å². The predicted octanol–water partition coefficient (Wildman–Crippen LogP) is 2.80. The number of hydrogen-bond donors (Lipinski definition) is 1. The Bertz CT molecular complexity index is 1150. The van der Waals surface area contributed by atoms with E-state index in [1.165, 1.54) is 17.0 Å². The molecule has 0 aromatic heterocycles. The van der Waals surface area contributed by atoms with Crippen molar-refractivity contribution in [2.45, 2.75) is 11.1 Å². The molecule has 0 bridgehead atoms. The van der Waals surface area contributed by atoms with E-state index in [2.05, 4.69) is 5.32 Å². The molecule has 9 nitrogen and oxygen atoms in total. The molecule has 1 fully saturated rings.